The fraction of sp³-hybridized carbons (Fsp3) is 0.886. The number of esters is 3. The van der Waals surface area contributed by atoms with Crippen molar-refractivity contribution in [3.63, 3.8) is 0 Å². The molecule has 0 spiro atoms. The Hall–Kier alpha value is -2.89. The van der Waals surface area contributed by atoms with Gasteiger partial charge in [-0.2, -0.15) is 0 Å². The van der Waals surface area contributed by atoms with Gasteiger partial charge in [0, 0.05) is 31.7 Å². The Morgan fingerprint density at radius 2 is 0.946 bits per heavy atom. The molecule has 0 rings (SSSR count). The molecule has 0 heterocycles. The molecule has 0 aliphatic rings. The summed E-state index contributed by atoms with van der Waals surface area (Å²) in [7, 11) is 3.90. The van der Waals surface area contributed by atoms with Crippen LogP contribution in [0.3, 0.4) is 0 Å². The number of unbranched alkanes of at least 4 members (excludes halogenated alkanes) is 17. The molecule has 12 nitrogen and oxygen atoms in total. The molecule has 0 aliphatic heterocycles. The lowest BCUT2D eigenvalue weighted by Gasteiger charge is -2.18. The zero-order chi connectivity index (χ0) is 41.5. The van der Waals surface area contributed by atoms with Gasteiger partial charge in [-0.05, 0) is 52.6 Å². The summed E-state index contributed by atoms with van der Waals surface area (Å²) in [6.45, 7) is 6.09. The van der Waals surface area contributed by atoms with Crippen LogP contribution < -0.4 is 0 Å². The van der Waals surface area contributed by atoms with Gasteiger partial charge in [-0.3, -0.25) is 19.2 Å². The van der Waals surface area contributed by atoms with Crippen LogP contribution in [0.15, 0.2) is 0 Å². The Balaban J connectivity index is 4.41. The summed E-state index contributed by atoms with van der Waals surface area (Å²) < 4.78 is 27.1. The van der Waals surface area contributed by atoms with Crippen LogP contribution in [-0.2, 0) is 42.9 Å². The monoisotopic (exact) mass is 800 g/mol. The average Bonchev–Trinajstić information content (AvgIpc) is 3.16. The number of aliphatic carboxylic acids is 1. The van der Waals surface area contributed by atoms with Crippen molar-refractivity contribution < 1.29 is 52.8 Å². The Labute approximate surface area is 339 Å². The highest BCUT2D eigenvalue weighted by molar-refractivity contribution is 5.76. The highest BCUT2D eigenvalue weighted by atomic mass is 16.7. The zero-order valence-electron chi connectivity index (χ0n) is 36.0. The molecule has 1 atom stereocenters. The van der Waals surface area contributed by atoms with Crippen molar-refractivity contribution in [3.8, 4) is 0 Å². The number of ether oxygens (including phenoxy) is 5. The van der Waals surface area contributed by atoms with Crippen LogP contribution in [0.5, 0.6) is 0 Å². The topological polar surface area (TPSA) is 155 Å². The van der Waals surface area contributed by atoms with Gasteiger partial charge in [-0.25, -0.2) is 4.79 Å². The van der Waals surface area contributed by atoms with Crippen LogP contribution in [0.1, 0.15) is 194 Å². The van der Waals surface area contributed by atoms with Gasteiger partial charge in [0.2, 0.25) is 0 Å². The lowest BCUT2D eigenvalue weighted by atomic mass is 10.0. The van der Waals surface area contributed by atoms with Crippen LogP contribution in [0.25, 0.3) is 0 Å². The normalized spacial score (nSPS) is 11.8. The predicted molar refractivity (Wildman–Crippen MR) is 219 cm³/mol. The fourth-order valence-corrected chi connectivity index (χ4v) is 6.30. The van der Waals surface area contributed by atoms with Gasteiger partial charge < -0.3 is 33.7 Å². The van der Waals surface area contributed by atoms with Gasteiger partial charge in [0.1, 0.15) is 6.10 Å². The van der Waals surface area contributed by atoms with E-state index in [1.54, 1.807) is 0 Å². The van der Waals surface area contributed by atoms with E-state index in [4.69, 9.17) is 28.8 Å². The van der Waals surface area contributed by atoms with Crippen molar-refractivity contribution in [3.05, 3.63) is 0 Å². The van der Waals surface area contributed by atoms with Gasteiger partial charge in [0.15, 0.2) is 0 Å². The van der Waals surface area contributed by atoms with Crippen molar-refractivity contribution in [2.24, 2.45) is 5.92 Å². The van der Waals surface area contributed by atoms with E-state index in [9.17, 15) is 24.0 Å². The lowest BCUT2D eigenvalue weighted by Crippen LogP contribution is -2.23. The highest BCUT2D eigenvalue weighted by Crippen LogP contribution is 2.18. The first-order valence-electron chi connectivity index (χ1n) is 22.2. The minimum Gasteiger partial charge on any atom is -0.481 e. The number of rotatable bonds is 40. The van der Waals surface area contributed by atoms with E-state index in [2.05, 4.69) is 13.8 Å². The molecule has 0 bridgehead atoms. The van der Waals surface area contributed by atoms with Crippen molar-refractivity contribution in [2.45, 2.75) is 200 Å². The first kappa shape index (κ1) is 53.1. The summed E-state index contributed by atoms with van der Waals surface area (Å²) in [4.78, 5) is 61.4. The van der Waals surface area contributed by atoms with Crippen LogP contribution in [0, 0.1) is 5.92 Å². The summed E-state index contributed by atoms with van der Waals surface area (Å²) >= 11 is 0. The first-order chi connectivity index (χ1) is 27.1. The molecule has 12 heteroatoms. The zero-order valence-corrected chi connectivity index (χ0v) is 36.0. The summed E-state index contributed by atoms with van der Waals surface area (Å²) in [6.07, 6.45) is 23.6. The smallest absolute Gasteiger partial charge is 0.481 e. The molecule has 328 valence electrons. The molecule has 0 aromatic rings. The van der Waals surface area contributed by atoms with E-state index < -0.39 is 24.2 Å². The van der Waals surface area contributed by atoms with E-state index in [0.717, 1.165) is 103 Å². The van der Waals surface area contributed by atoms with Crippen LogP contribution in [0.4, 0.5) is 4.79 Å². The number of carboxylic acids is 1. The second-order valence-electron chi connectivity index (χ2n) is 15.6. The largest absolute Gasteiger partial charge is 0.508 e. The van der Waals surface area contributed by atoms with E-state index >= 15 is 0 Å². The van der Waals surface area contributed by atoms with Gasteiger partial charge in [0.05, 0.1) is 39.3 Å². The summed E-state index contributed by atoms with van der Waals surface area (Å²) in [5, 5.41) is 8.76. The summed E-state index contributed by atoms with van der Waals surface area (Å²) in [5.74, 6) is -1.90. The number of hydrogen-bond acceptors (Lipinski definition) is 11. The molecule has 1 N–H and O–H groups in total. The number of carboxylic acid groups (broad SMARTS) is 1. The third-order valence-corrected chi connectivity index (χ3v) is 9.80. The Morgan fingerprint density at radius 3 is 1.45 bits per heavy atom. The van der Waals surface area contributed by atoms with Gasteiger partial charge in [-0.15, -0.1) is 0 Å². The minimum absolute atomic E-state index is 0.0330. The number of carbonyl (C=O) groups is 5. The Morgan fingerprint density at radius 1 is 0.482 bits per heavy atom. The van der Waals surface area contributed by atoms with Crippen LogP contribution in [0.2, 0.25) is 0 Å². The molecule has 0 saturated heterocycles. The quantitative estimate of drug-likeness (QED) is 0.0356. The maximum absolute atomic E-state index is 12.3. The summed E-state index contributed by atoms with van der Waals surface area (Å²) in [5.41, 5.74) is 0. The van der Waals surface area contributed by atoms with Crippen LogP contribution >= 0.6 is 0 Å². The number of carbonyl (C=O) groups excluding carboxylic acids is 4. The van der Waals surface area contributed by atoms with Crippen LogP contribution in [-0.4, -0.2) is 93.2 Å². The standard InChI is InChI=1S/C44H81NO11/c1-5-7-9-17-23-28-41(48)54-36-38(37-55-42(49)29-24-18-10-8-6-2)26-21-19-15-13-11-12-14-16-20-22-27-39(32-35-52-43(50)31-30-40(46)47)56-44(51)53-34-25-33-45(3)4/h38-39H,5-37H2,1-4H3,(H,46,47). The fourth-order valence-electron chi connectivity index (χ4n) is 6.30. The van der Waals surface area contributed by atoms with Crippen molar-refractivity contribution in [1.82, 2.24) is 4.90 Å². The first-order valence-corrected chi connectivity index (χ1v) is 22.2. The second-order valence-corrected chi connectivity index (χ2v) is 15.6. The molecular formula is C44H81NO11. The number of nitrogens with zero attached hydrogens (tertiary/aromatic N) is 1. The maximum Gasteiger partial charge on any atom is 0.508 e. The van der Waals surface area contributed by atoms with Gasteiger partial charge in [-0.1, -0.05) is 123 Å². The second kappa shape index (κ2) is 39.0. The minimum atomic E-state index is -1.06. The molecule has 0 fully saturated rings. The third kappa shape index (κ3) is 38.0. The SMILES string of the molecule is CCCCCCCC(=O)OCC(CCCCCCCCCCCCC(CCOC(=O)CCC(=O)O)OC(=O)OCCCN(C)C)COC(=O)CCCCCCC. The predicted octanol–water partition coefficient (Wildman–Crippen LogP) is 10.4. The third-order valence-electron chi connectivity index (χ3n) is 9.80. The Bertz CT molecular complexity index is 960. The molecule has 0 saturated carbocycles. The summed E-state index contributed by atoms with van der Waals surface area (Å²) in [6, 6.07) is 0. The molecule has 0 aromatic carbocycles. The van der Waals surface area contributed by atoms with E-state index in [1.807, 2.05) is 19.0 Å². The van der Waals surface area contributed by atoms with Crippen molar-refractivity contribution >= 4 is 30.0 Å². The molecule has 0 aliphatic carbocycles. The van der Waals surface area contributed by atoms with Gasteiger partial charge in [0.25, 0.3) is 0 Å². The van der Waals surface area contributed by atoms with Gasteiger partial charge >= 0.3 is 30.0 Å². The van der Waals surface area contributed by atoms with Crippen molar-refractivity contribution in [2.75, 3.05) is 47.1 Å². The molecule has 56 heavy (non-hydrogen) atoms. The maximum atomic E-state index is 12.3. The van der Waals surface area contributed by atoms with E-state index in [1.165, 1.54) is 38.5 Å². The highest BCUT2D eigenvalue weighted by Gasteiger charge is 2.18. The van der Waals surface area contributed by atoms with Crippen molar-refractivity contribution in [1.29, 1.82) is 0 Å². The molecule has 0 amide bonds. The number of hydrogen-bond donors (Lipinski definition) is 1. The van der Waals surface area contributed by atoms with E-state index in [0.29, 0.717) is 45.3 Å². The lowest BCUT2D eigenvalue weighted by molar-refractivity contribution is -0.149. The Kier molecular flexibility index (Phi) is 36.9. The molecule has 0 radical (unpaired) electrons. The van der Waals surface area contributed by atoms with E-state index in [-0.39, 0.29) is 43.9 Å². The molecule has 1 unspecified atom stereocenters. The molecular weight excluding hydrogens is 718 g/mol. The molecule has 0 aromatic heterocycles. The average molecular weight is 800 g/mol.